The first-order valence-electron chi connectivity index (χ1n) is 2.17. The lowest BCUT2D eigenvalue weighted by Crippen LogP contribution is -2.27. The van der Waals surface area contributed by atoms with Gasteiger partial charge in [-0.25, -0.2) is 8.78 Å². The van der Waals surface area contributed by atoms with Gasteiger partial charge in [-0.3, -0.25) is 0 Å². The molecule has 3 heteroatoms. The van der Waals surface area contributed by atoms with Crippen molar-refractivity contribution in [2.45, 2.75) is 19.0 Å². The molecule has 0 aromatic heterocycles. The average Bonchev–Trinajstić information content (AvgIpc) is 1.62. The van der Waals surface area contributed by atoms with Crippen molar-refractivity contribution < 1.29 is 13.9 Å². The zero-order valence-corrected chi connectivity index (χ0v) is 4.56. The van der Waals surface area contributed by atoms with Crippen LogP contribution in [0.5, 0.6) is 0 Å². The van der Waals surface area contributed by atoms with Gasteiger partial charge in [0.05, 0.1) is 0 Å². The molecule has 0 spiro atoms. The Balaban J connectivity index is 3.80. The number of hydrogen-bond acceptors (Lipinski definition) is 1. The molecule has 0 amide bonds. The van der Waals surface area contributed by atoms with Crippen LogP contribution >= 0.6 is 0 Å². The highest BCUT2D eigenvalue weighted by atomic mass is 19.3. The van der Waals surface area contributed by atoms with Crippen molar-refractivity contribution in [2.75, 3.05) is 0 Å². The first kappa shape index (κ1) is 7.56. The van der Waals surface area contributed by atoms with Gasteiger partial charge in [0.2, 0.25) is 0 Å². The lowest BCUT2D eigenvalue weighted by Gasteiger charge is -2.12. The van der Waals surface area contributed by atoms with E-state index in [1.807, 2.05) is 0 Å². The quantitative estimate of drug-likeness (QED) is 0.545. The van der Waals surface area contributed by atoms with Gasteiger partial charge in [-0.1, -0.05) is 6.08 Å². The molecule has 0 bridgehead atoms. The molecule has 0 heterocycles. The van der Waals surface area contributed by atoms with Crippen molar-refractivity contribution >= 4 is 0 Å². The number of hydrogen-bond donors (Lipinski definition) is 1. The Kier molecular flexibility index (Phi) is 2.10. The molecule has 0 unspecified atom stereocenters. The van der Waals surface area contributed by atoms with Gasteiger partial charge in [-0.05, 0) is 0 Å². The first-order valence-corrected chi connectivity index (χ1v) is 2.17. The molecule has 0 rings (SSSR count). The normalized spacial score (nSPS) is 15.5. The molecule has 0 aliphatic carbocycles. The van der Waals surface area contributed by atoms with Gasteiger partial charge >= 0.3 is 0 Å². The Morgan fingerprint density at radius 3 is 2.12 bits per heavy atom. The molecule has 1 atom stereocenters. The van der Waals surface area contributed by atoms with Gasteiger partial charge in [-0.2, -0.15) is 0 Å². The largest absolute Gasteiger partial charge is 0.383 e. The van der Waals surface area contributed by atoms with Crippen LogP contribution in [-0.4, -0.2) is 17.1 Å². The summed E-state index contributed by atoms with van der Waals surface area (Å²) < 4.78 is 23.6. The molecule has 0 aliphatic heterocycles. The highest BCUT2D eigenvalue weighted by Crippen LogP contribution is 2.16. The van der Waals surface area contributed by atoms with E-state index in [0.29, 0.717) is 6.92 Å². The number of rotatable bonds is 2. The van der Waals surface area contributed by atoms with Crippen LogP contribution in [0.25, 0.3) is 0 Å². The third-order valence-electron chi connectivity index (χ3n) is 0.743. The number of aliphatic hydroxyl groups excluding tert-OH is 1. The van der Waals surface area contributed by atoms with Crippen molar-refractivity contribution in [2.24, 2.45) is 0 Å². The maximum absolute atomic E-state index is 11.8. The molecule has 0 aromatic rings. The Hall–Kier alpha value is -0.440. The molecular weight excluding hydrogens is 114 g/mol. The second-order valence-electron chi connectivity index (χ2n) is 1.64. The molecule has 1 N–H and O–H groups in total. The predicted octanol–water partition coefficient (Wildman–Crippen LogP) is 1.19. The molecule has 1 nitrogen and oxygen atoms in total. The topological polar surface area (TPSA) is 20.2 Å². The Bertz CT molecular complexity index is 84.9. The summed E-state index contributed by atoms with van der Waals surface area (Å²) in [6.45, 7) is 3.64. The number of aliphatic hydroxyl groups is 1. The number of alkyl halides is 2. The predicted molar refractivity (Wildman–Crippen MR) is 26.8 cm³/mol. The minimum atomic E-state index is -3.05. The smallest absolute Gasteiger partial charge is 0.274 e. The SMILES string of the molecule is C=C[C@H](O)C(C)(F)F. The number of halogens is 2. The summed E-state index contributed by atoms with van der Waals surface area (Å²) in [6.07, 6.45) is -0.914. The van der Waals surface area contributed by atoms with E-state index in [1.165, 1.54) is 0 Å². The van der Waals surface area contributed by atoms with Gasteiger partial charge < -0.3 is 5.11 Å². The van der Waals surface area contributed by atoms with Gasteiger partial charge in [-0.15, -0.1) is 6.58 Å². The van der Waals surface area contributed by atoms with Crippen LogP contribution in [0.4, 0.5) is 8.78 Å². The van der Waals surface area contributed by atoms with E-state index in [1.54, 1.807) is 0 Å². The minimum absolute atomic E-state index is 0.638. The van der Waals surface area contributed by atoms with Crippen molar-refractivity contribution in [3.05, 3.63) is 12.7 Å². The molecule has 0 aromatic carbocycles. The van der Waals surface area contributed by atoms with Gasteiger partial charge in [0.1, 0.15) is 6.10 Å². The fourth-order valence-corrected chi connectivity index (χ4v) is 0.207. The Labute approximate surface area is 46.6 Å². The van der Waals surface area contributed by atoms with E-state index in [9.17, 15) is 8.78 Å². The summed E-state index contributed by atoms with van der Waals surface area (Å²) in [5.41, 5.74) is 0. The molecule has 0 saturated heterocycles. The van der Waals surface area contributed by atoms with Gasteiger partial charge in [0.15, 0.2) is 0 Å². The maximum atomic E-state index is 11.8. The van der Waals surface area contributed by atoms with E-state index < -0.39 is 12.0 Å². The van der Waals surface area contributed by atoms with Crippen LogP contribution in [0, 0.1) is 0 Å². The zero-order valence-electron chi connectivity index (χ0n) is 4.56. The second-order valence-corrected chi connectivity index (χ2v) is 1.64. The lowest BCUT2D eigenvalue weighted by atomic mass is 10.2. The summed E-state index contributed by atoms with van der Waals surface area (Å²) in [6, 6.07) is 0. The third kappa shape index (κ3) is 2.02. The fraction of sp³-hybridized carbons (Fsp3) is 0.600. The molecule has 8 heavy (non-hydrogen) atoms. The lowest BCUT2D eigenvalue weighted by molar-refractivity contribution is -0.0700. The maximum Gasteiger partial charge on any atom is 0.274 e. The molecular formula is C5H8F2O. The fourth-order valence-electron chi connectivity index (χ4n) is 0.207. The molecule has 0 radical (unpaired) electrons. The van der Waals surface area contributed by atoms with Crippen molar-refractivity contribution in [1.29, 1.82) is 0 Å². The van der Waals surface area contributed by atoms with Crippen LogP contribution in [0.1, 0.15) is 6.92 Å². The zero-order chi connectivity index (χ0) is 6.78. The molecule has 0 fully saturated rings. The molecule has 0 aliphatic rings. The van der Waals surface area contributed by atoms with Crippen molar-refractivity contribution in [1.82, 2.24) is 0 Å². The Morgan fingerprint density at radius 1 is 1.75 bits per heavy atom. The molecule has 48 valence electrons. The van der Waals surface area contributed by atoms with E-state index in [0.717, 1.165) is 6.08 Å². The monoisotopic (exact) mass is 122 g/mol. The first-order chi connectivity index (χ1) is 3.48. The van der Waals surface area contributed by atoms with E-state index >= 15 is 0 Å². The highest BCUT2D eigenvalue weighted by molar-refractivity contribution is 4.86. The summed E-state index contributed by atoms with van der Waals surface area (Å²) in [5, 5.41) is 8.33. The minimum Gasteiger partial charge on any atom is -0.383 e. The summed E-state index contributed by atoms with van der Waals surface area (Å²) in [4.78, 5) is 0. The van der Waals surface area contributed by atoms with Crippen LogP contribution < -0.4 is 0 Å². The van der Waals surface area contributed by atoms with Gasteiger partial charge in [0, 0.05) is 6.92 Å². The average molecular weight is 122 g/mol. The van der Waals surface area contributed by atoms with Gasteiger partial charge in [0.25, 0.3) is 5.92 Å². The van der Waals surface area contributed by atoms with E-state index in [-0.39, 0.29) is 0 Å². The van der Waals surface area contributed by atoms with Crippen molar-refractivity contribution in [3.63, 3.8) is 0 Å². The Morgan fingerprint density at radius 2 is 2.12 bits per heavy atom. The second kappa shape index (κ2) is 2.22. The highest BCUT2D eigenvalue weighted by Gasteiger charge is 2.29. The van der Waals surface area contributed by atoms with E-state index in [4.69, 9.17) is 5.11 Å². The van der Waals surface area contributed by atoms with Crippen LogP contribution in [0.3, 0.4) is 0 Å². The third-order valence-corrected chi connectivity index (χ3v) is 0.743. The molecule has 0 saturated carbocycles. The van der Waals surface area contributed by atoms with Crippen LogP contribution in [-0.2, 0) is 0 Å². The summed E-state index contributed by atoms with van der Waals surface area (Å²) in [5.74, 6) is -3.05. The van der Waals surface area contributed by atoms with Crippen molar-refractivity contribution in [3.8, 4) is 0 Å². The summed E-state index contributed by atoms with van der Waals surface area (Å²) in [7, 11) is 0. The standard InChI is InChI=1S/C5H8F2O/c1-3-4(8)5(2,6)7/h3-4,8H,1H2,2H3/t4-/m0/s1. The summed E-state index contributed by atoms with van der Waals surface area (Å²) >= 11 is 0. The van der Waals surface area contributed by atoms with Crippen LogP contribution in [0.15, 0.2) is 12.7 Å². The van der Waals surface area contributed by atoms with E-state index in [2.05, 4.69) is 6.58 Å². The van der Waals surface area contributed by atoms with Crippen LogP contribution in [0.2, 0.25) is 0 Å².